The Labute approximate surface area is 81.9 Å². The van der Waals surface area contributed by atoms with E-state index in [0.29, 0.717) is 12.8 Å². The standard InChI is InChI=1S/C10H12N2O2/c1-12-6-11-5-10(12)7-2-8(13)4-9(14)3-7/h5-7H,2-4H2,1H3. The number of rotatable bonds is 1. The Kier molecular flexibility index (Phi) is 2.19. The molecule has 0 aromatic carbocycles. The van der Waals surface area contributed by atoms with Crippen molar-refractivity contribution in [2.45, 2.75) is 25.2 Å². The molecule has 74 valence electrons. The van der Waals surface area contributed by atoms with Gasteiger partial charge < -0.3 is 4.57 Å². The van der Waals surface area contributed by atoms with Gasteiger partial charge >= 0.3 is 0 Å². The molecule has 1 aromatic heterocycles. The van der Waals surface area contributed by atoms with E-state index in [0.717, 1.165) is 5.69 Å². The first kappa shape index (κ1) is 9.12. The Hall–Kier alpha value is -1.45. The molecule has 1 fully saturated rings. The molecule has 1 aliphatic rings. The summed E-state index contributed by atoms with van der Waals surface area (Å²) >= 11 is 0. The van der Waals surface area contributed by atoms with Crippen LogP contribution in [0.5, 0.6) is 0 Å². The topological polar surface area (TPSA) is 52.0 Å². The molecule has 0 unspecified atom stereocenters. The van der Waals surface area contributed by atoms with Crippen LogP contribution in [-0.2, 0) is 16.6 Å². The largest absolute Gasteiger partial charge is 0.337 e. The SMILES string of the molecule is Cn1cncc1C1CC(=O)CC(=O)C1. The number of carbonyl (C=O) groups excluding carboxylic acids is 2. The van der Waals surface area contributed by atoms with E-state index in [2.05, 4.69) is 4.98 Å². The molecular formula is C10H12N2O2. The maximum atomic E-state index is 11.2. The van der Waals surface area contributed by atoms with E-state index < -0.39 is 0 Å². The normalized spacial score (nSPS) is 18.9. The van der Waals surface area contributed by atoms with Gasteiger partial charge in [-0.1, -0.05) is 0 Å². The lowest BCUT2D eigenvalue weighted by Gasteiger charge is -2.19. The maximum Gasteiger partial charge on any atom is 0.140 e. The third-order valence-electron chi connectivity index (χ3n) is 2.61. The van der Waals surface area contributed by atoms with Gasteiger partial charge in [-0.05, 0) is 0 Å². The number of hydrogen-bond donors (Lipinski definition) is 0. The van der Waals surface area contributed by atoms with Crippen molar-refractivity contribution in [2.75, 3.05) is 0 Å². The summed E-state index contributed by atoms with van der Waals surface area (Å²) in [5.41, 5.74) is 0.978. The van der Waals surface area contributed by atoms with Gasteiger partial charge in [0.25, 0.3) is 0 Å². The number of hydrogen-bond acceptors (Lipinski definition) is 3. The van der Waals surface area contributed by atoms with Crippen LogP contribution in [0, 0.1) is 0 Å². The van der Waals surface area contributed by atoms with Crippen LogP contribution < -0.4 is 0 Å². The average molecular weight is 192 g/mol. The van der Waals surface area contributed by atoms with Crippen molar-refractivity contribution in [1.29, 1.82) is 0 Å². The van der Waals surface area contributed by atoms with Crippen molar-refractivity contribution < 1.29 is 9.59 Å². The van der Waals surface area contributed by atoms with Gasteiger partial charge in [0.15, 0.2) is 0 Å². The lowest BCUT2D eigenvalue weighted by atomic mass is 9.85. The second-order valence-corrected chi connectivity index (χ2v) is 3.79. The summed E-state index contributed by atoms with van der Waals surface area (Å²) in [5, 5.41) is 0. The Morgan fingerprint density at radius 3 is 2.50 bits per heavy atom. The van der Waals surface area contributed by atoms with Gasteiger partial charge in [-0.25, -0.2) is 4.98 Å². The Bertz CT molecular complexity index is 365. The first-order valence-electron chi connectivity index (χ1n) is 4.66. The van der Waals surface area contributed by atoms with Gasteiger partial charge in [0, 0.05) is 37.7 Å². The zero-order chi connectivity index (χ0) is 10.1. The highest BCUT2D eigenvalue weighted by Gasteiger charge is 2.27. The monoisotopic (exact) mass is 192 g/mol. The second kappa shape index (κ2) is 3.36. The van der Waals surface area contributed by atoms with Crippen molar-refractivity contribution >= 4 is 11.6 Å². The number of imidazole rings is 1. The summed E-state index contributed by atoms with van der Waals surface area (Å²) in [6.07, 6.45) is 4.50. The van der Waals surface area contributed by atoms with Gasteiger partial charge in [0.05, 0.1) is 12.7 Å². The summed E-state index contributed by atoms with van der Waals surface area (Å²) in [7, 11) is 1.88. The van der Waals surface area contributed by atoms with E-state index in [9.17, 15) is 9.59 Å². The fraction of sp³-hybridized carbons (Fsp3) is 0.500. The van der Waals surface area contributed by atoms with Crippen molar-refractivity contribution in [2.24, 2.45) is 7.05 Å². The van der Waals surface area contributed by atoms with Gasteiger partial charge in [-0.15, -0.1) is 0 Å². The smallest absolute Gasteiger partial charge is 0.140 e. The molecule has 1 aromatic rings. The number of Topliss-reactive ketones (excluding diaryl/α,β-unsaturated/α-hetero) is 2. The lowest BCUT2D eigenvalue weighted by Crippen LogP contribution is -2.22. The van der Waals surface area contributed by atoms with Gasteiger partial charge in [0.1, 0.15) is 11.6 Å². The quantitative estimate of drug-likeness (QED) is 0.619. The fourth-order valence-corrected chi connectivity index (χ4v) is 1.96. The van der Waals surface area contributed by atoms with E-state index in [1.165, 1.54) is 0 Å². The minimum atomic E-state index is 0.0382. The van der Waals surface area contributed by atoms with Crippen molar-refractivity contribution in [3.8, 4) is 0 Å². The Morgan fingerprint density at radius 1 is 1.36 bits per heavy atom. The first-order chi connectivity index (χ1) is 6.66. The molecule has 4 nitrogen and oxygen atoms in total. The van der Waals surface area contributed by atoms with Crippen LogP contribution in [0.15, 0.2) is 12.5 Å². The van der Waals surface area contributed by atoms with Crippen LogP contribution in [0.4, 0.5) is 0 Å². The second-order valence-electron chi connectivity index (χ2n) is 3.79. The fourth-order valence-electron chi connectivity index (χ4n) is 1.96. The molecule has 14 heavy (non-hydrogen) atoms. The molecule has 2 rings (SSSR count). The molecule has 1 heterocycles. The number of aromatic nitrogens is 2. The number of aryl methyl sites for hydroxylation is 1. The van der Waals surface area contributed by atoms with E-state index in [1.807, 2.05) is 11.6 Å². The highest BCUT2D eigenvalue weighted by molar-refractivity contribution is 6.02. The van der Waals surface area contributed by atoms with Crippen molar-refractivity contribution in [1.82, 2.24) is 9.55 Å². The van der Waals surface area contributed by atoms with Crippen molar-refractivity contribution in [3.05, 3.63) is 18.2 Å². The molecule has 1 saturated carbocycles. The van der Waals surface area contributed by atoms with E-state index in [4.69, 9.17) is 0 Å². The molecule has 0 aliphatic heterocycles. The predicted octanol–water partition coefficient (Wildman–Crippen LogP) is 0.826. The molecular weight excluding hydrogens is 180 g/mol. The number of nitrogens with zero attached hydrogens (tertiary/aromatic N) is 2. The number of carbonyl (C=O) groups is 2. The molecule has 0 atom stereocenters. The van der Waals surface area contributed by atoms with Gasteiger partial charge in [0.2, 0.25) is 0 Å². The van der Waals surface area contributed by atoms with Crippen LogP contribution in [0.3, 0.4) is 0 Å². The third kappa shape index (κ3) is 1.60. The molecule has 0 radical (unpaired) electrons. The zero-order valence-electron chi connectivity index (χ0n) is 8.06. The molecule has 0 bridgehead atoms. The van der Waals surface area contributed by atoms with Crippen LogP contribution in [-0.4, -0.2) is 21.1 Å². The molecule has 4 heteroatoms. The van der Waals surface area contributed by atoms with E-state index in [1.54, 1.807) is 12.5 Å². The minimum absolute atomic E-state index is 0.0382. The molecule has 0 saturated heterocycles. The molecule has 0 amide bonds. The molecule has 1 aliphatic carbocycles. The summed E-state index contributed by atoms with van der Waals surface area (Å²) < 4.78 is 1.87. The lowest BCUT2D eigenvalue weighted by molar-refractivity contribution is -0.130. The zero-order valence-corrected chi connectivity index (χ0v) is 8.06. The minimum Gasteiger partial charge on any atom is -0.337 e. The number of ketones is 2. The highest BCUT2D eigenvalue weighted by Crippen LogP contribution is 2.28. The van der Waals surface area contributed by atoms with Crippen LogP contribution in [0.2, 0.25) is 0 Å². The highest BCUT2D eigenvalue weighted by atomic mass is 16.1. The van der Waals surface area contributed by atoms with Crippen molar-refractivity contribution in [3.63, 3.8) is 0 Å². The third-order valence-corrected chi connectivity index (χ3v) is 2.61. The maximum absolute atomic E-state index is 11.2. The Morgan fingerprint density at radius 2 is 2.00 bits per heavy atom. The predicted molar refractivity (Wildman–Crippen MR) is 49.8 cm³/mol. The van der Waals surface area contributed by atoms with E-state index in [-0.39, 0.29) is 23.9 Å². The van der Waals surface area contributed by atoms with Gasteiger partial charge in [-0.2, -0.15) is 0 Å². The molecule has 0 N–H and O–H groups in total. The summed E-state index contributed by atoms with van der Waals surface area (Å²) in [6, 6.07) is 0. The van der Waals surface area contributed by atoms with Crippen LogP contribution >= 0.6 is 0 Å². The summed E-state index contributed by atoms with van der Waals surface area (Å²) in [5.74, 6) is 0.135. The van der Waals surface area contributed by atoms with Crippen LogP contribution in [0.25, 0.3) is 0 Å². The Balaban J connectivity index is 2.23. The summed E-state index contributed by atoms with van der Waals surface area (Å²) in [4.78, 5) is 26.5. The average Bonchev–Trinajstić information content (AvgIpc) is 2.49. The summed E-state index contributed by atoms with van der Waals surface area (Å²) in [6.45, 7) is 0. The molecule has 0 spiro atoms. The van der Waals surface area contributed by atoms with E-state index >= 15 is 0 Å². The van der Waals surface area contributed by atoms with Crippen LogP contribution in [0.1, 0.15) is 30.9 Å². The first-order valence-corrected chi connectivity index (χ1v) is 4.66. The van der Waals surface area contributed by atoms with Gasteiger partial charge in [-0.3, -0.25) is 9.59 Å².